The summed E-state index contributed by atoms with van der Waals surface area (Å²) in [6.45, 7) is 0. The summed E-state index contributed by atoms with van der Waals surface area (Å²) in [6, 6.07) is 11.6. The second-order valence-electron chi connectivity index (χ2n) is 6.99. The lowest BCUT2D eigenvalue weighted by Gasteiger charge is -2.40. The van der Waals surface area contributed by atoms with E-state index in [1.54, 1.807) is 30.3 Å². The number of para-hydroxylation sites is 1. The first-order chi connectivity index (χ1) is 15.2. The molecule has 7 nitrogen and oxygen atoms in total. The molecule has 2 atom stereocenters. The molecule has 0 spiro atoms. The van der Waals surface area contributed by atoms with Crippen molar-refractivity contribution in [3.8, 4) is 0 Å². The molecular formula is C21H16F4N6O. The Kier molecular flexibility index (Phi) is 5.25. The molecule has 1 aromatic heterocycles. The number of aromatic amines is 1. The molecule has 0 radical (unpaired) electrons. The summed E-state index contributed by atoms with van der Waals surface area (Å²) in [7, 11) is 0. The predicted molar refractivity (Wildman–Crippen MR) is 108 cm³/mol. The van der Waals surface area contributed by atoms with Crippen molar-refractivity contribution in [2.75, 3.05) is 4.90 Å². The van der Waals surface area contributed by atoms with Gasteiger partial charge in [0.25, 0.3) is 0 Å². The average molecular weight is 444 g/mol. The maximum atomic E-state index is 16.7. The van der Waals surface area contributed by atoms with Gasteiger partial charge in [-0.2, -0.15) is 18.4 Å². The number of hydrogen-bond donors (Lipinski definition) is 2. The molecule has 164 valence electrons. The highest BCUT2D eigenvalue weighted by atomic mass is 19.4. The van der Waals surface area contributed by atoms with Gasteiger partial charge in [-0.15, -0.1) is 10.2 Å². The fourth-order valence-electron chi connectivity index (χ4n) is 3.64. The molecule has 0 bridgehead atoms. The van der Waals surface area contributed by atoms with Crippen molar-refractivity contribution >= 4 is 17.3 Å². The van der Waals surface area contributed by atoms with E-state index in [9.17, 15) is 18.0 Å². The van der Waals surface area contributed by atoms with Crippen LogP contribution in [0.4, 0.5) is 28.0 Å². The minimum absolute atomic E-state index is 0.166. The second-order valence-corrected chi connectivity index (χ2v) is 6.99. The van der Waals surface area contributed by atoms with Crippen LogP contribution in [0.3, 0.4) is 0 Å². The SMILES string of the molecule is NC(=O)N(c1ccccc1C(F)(F)F)C1(F)C=CC(c2ccccc2)=CC1c1nn[nH]n1. The Bertz CT molecular complexity index is 1180. The summed E-state index contributed by atoms with van der Waals surface area (Å²) in [6.07, 6.45) is -1.08. The molecule has 0 fully saturated rings. The van der Waals surface area contributed by atoms with Gasteiger partial charge in [-0.05, 0) is 29.3 Å². The highest BCUT2D eigenvalue weighted by Crippen LogP contribution is 2.46. The minimum Gasteiger partial charge on any atom is -0.351 e. The molecule has 2 unspecified atom stereocenters. The van der Waals surface area contributed by atoms with Crippen LogP contribution < -0.4 is 10.6 Å². The van der Waals surface area contributed by atoms with Crippen LogP contribution in [0, 0.1) is 0 Å². The fourth-order valence-corrected chi connectivity index (χ4v) is 3.64. The van der Waals surface area contributed by atoms with E-state index in [2.05, 4.69) is 20.6 Å². The number of benzene rings is 2. The molecule has 3 aromatic rings. The Hall–Kier alpha value is -4.02. The maximum Gasteiger partial charge on any atom is 0.418 e. The number of nitrogens with two attached hydrogens (primary N) is 1. The highest BCUT2D eigenvalue weighted by Gasteiger charge is 2.51. The summed E-state index contributed by atoms with van der Waals surface area (Å²) >= 11 is 0. The molecule has 32 heavy (non-hydrogen) atoms. The number of rotatable bonds is 4. The van der Waals surface area contributed by atoms with Gasteiger partial charge >= 0.3 is 12.2 Å². The smallest absolute Gasteiger partial charge is 0.351 e. The van der Waals surface area contributed by atoms with Crippen LogP contribution in [-0.4, -0.2) is 32.4 Å². The van der Waals surface area contributed by atoms with Crippen LogP contribution in [-0.2, 0) is 6.18 Å². The highest BCUT2D eigenvalue weighted by molar-refractivity contribution is 5.94. The molecular weight excluding hydrogens is 428 g/mol. The first-order valence-corrected chi connectivity index (χ1v) is 9.36. The Balaban J connectivity index is 1.89. The number of primary amides is 1. The topological polar surface area (TPSA) is 101 Å². The number of tetrazole rings is 1. The van der Waals surface area contributed by atoms with Crippen molar-refractivity contribution in [2.24, 2.45) is 5.73 Å². The molecule has 11 heteroatoms. The number of H-pyrrole nitrogens is 1. The van der Waals surface area contributed by atoms with E-state index in [0.717, 1.165) is 29.8 Å². The van der Waals surface area contributed by atoms with Crippen molar-refractivity contribution in [1.29, 1.82) is 0 Å². The molecule has 0 saturated carbocycles. The summed E-state index contributed by atoms with van der Waals surface area (Å²) in [5.74, 6) is -4.42. The summed E-state index contributed by atoms with van der Waals surface area (Å²) in [5, 5.41) is 13.2. The number of hydrogen-bond acceptors (Lipinski definition) is 4. The maximum absolute atomic E-state index is 16.7. The van der Waals surface area contributed by atoms with E-state index in [1.807, 2.05) is 0 Å². The third-order valence-corrected chi connectivity index (χ3v) is 5.04. The summed E-state index contributed by atoms with van der Waals surface area (Å²) in [4.78, 5) is 12.6. The van der Waals surface area contributed by atoms with Gasteiger partial charge in [0, 0.05) is 0 Å². The molecule has 1 aliphatic carbocycles. The van der Waals surface area contributed by atoms with Crippen molar-refractivity contribution in [2.45, 2.75) is 17.9 Å². The number of carbonyl (C=O) groups is 1. The third kappa shape index (κ3) is 3.72. The number of urea groups is 1. The average Bonchev–Trinajstić information content (AvgIpc) is 3.28. The number of alkyl halides is 4. The lowest BCUT2D eigenvalue weighted by atomic mass is 9.84. The van der Waals surface area contributed by atoms with Crippen LogP contribution in [0.25, 0.3) is 5.57 Å². The molecule has 1 aliphatic rings. The normalized spacial score (nSPS) is 20.6. The van der Waals surface area contributed by atoms with Gasteiger partial charge < -0.3 is 5.73 Å². The monoisotopic (exact) mass is 444 g/mol. The van der Waals surface area contributed by atoms with E-state index >= 15 is 4.39 Å². The Labute approximate surface area is 179 Å². The minimum atomic E-state index is -4.86. The Morgan fingerprint density at radius 2 is 1.78 bits per heavy atom. The van der Waals surface area contributed by atoms with Crippen LogP contribution in [0.15, 0.2) is 72.8 Å². The third-order valence-electron chi connectivity index (χ3n) is 5.04. The number of allylic oxidation sites excluding steroid dienone is 2. The molecule has 0 saturated heterocycles. The van der Waals surface area contributed by atoms with Crippen molar-refractivity contribution in [3.63, 3.8) is 0 Å². The van der Waals surface area contributed by atoms with Gasteiger partial charge in [0.05, 0.1) is 17.2 Å². The summed E-state index contributed by atoms with van der Waals surface area (Å²) < 4.78 is 57.6. The van der Waals surface area contributed by atoms with Crippen molar-refractivity contribution in [3.05, 3.63) is 89.8 Å². The number of amides is 2. The molecule has 3 N–H and O–H groups in total. The molecule has 0 aliphatic heterocycles. The number of anilines is 1. The molecule has 4 rings (SSSR count). The largest absolute Gasteiger partial charge is 0.418 e. The molecule has 1 heterocycles. The van der Waals surface area contributed by atoms with Gasteiger partial charge in [-0.3, -0.25) is 4.90 Å². The Morgan fingerprint density at radius 3 is 2.41 bits per heavy atom. The predicted octanol–water partition coefficient (Wildman–Crippen LogP) is 4.21. The Morgan fingerprint density at radius 1 is 1.09 bits per heavy atom. The van der Waals surface area contributed by atoms with Crippen molar-refractivity contribution in [1.82, 2.24) is 20.6 Å². The van der Waals surface area contributed by atoms with E-state index in [1.165, 1.54) is 18.2 Å². The molecule has 2 aromatic carbocycles. The van der Waals surface area contributed by atoms with Gasteiger partial charge in [0.1, 0.15) is 0 Å². The van der Waals surface area contributed by atoms with Gasteiger partial charge in [-0.25, -0.2) is 9.18 Å². The standard InChI is InChI=1S/C21H16F4N6O/c22-20(31(19(26)32)17-9-5-4-8-15(17)21(23,24)25)11-10-14(13-6-2-1-3-7-13)12-16(20)18-27-29-30-28-18/h1-12,16H,(H2,26,32)(H,27,28,29,30). The quantitative estimate of drug-likeness (QED) is 0.465. The van der Waals surface area contributed by atoms with E-state index in [-0.39, 0.29) is 10.7 Å². The lowest BCUT2D eigenvalue weighted by Crippen LogP contribution is -2.55. The van der Waals surface area contributed by atoms with Crippen LogP contribution >= 0.6 is 0 Å². The van der Waals surface area contributed by atoms with Gasteiger partial charge in [-0.1, -0.05) is 59.8 Å². The summed E-state index contributed by atoms with van der Waals surface area (Å²) in [5.41, 5.74) is 4.75. The van der Waals surface area contributed by atoms with Crippen LogP contribution in [0.5, 0.6) is 0 Å². The number of nitrogens with zero attached hydrogens (tertiary/aromatic N) is 4. The van der Waals surface area contributed by atoms with E-state index in [4.69, 9.17) is 5.73 Å². The fraction of sp³-hybridized carbons (Fsp3) is 0.143. The first-order valence-electron chi connectivity index (χ1n) is 9.36. The lowest BCUT2D eigenvalue weighted by molar-refractivity contribution is -0.137. The van der Waals surface area contributed by atoms with E-state index in [0.29, 0.717) is 5.57 Å². The van der Waals surface area contributed by atoms with Crippen LogP contribution in [0.1, 0.15) is 22.9 Å². The molecule has 2 amide bonds. The zero-order valence-electron chi connectivity index (χ0n) is 16.3. The zero-order valence-corrected chi connectivity index (χ0v) is 16.3. The van der Waals surface area contributed by atoms with E-state index < -0.39 is 35.2 Å². The number of halogens is 4. The van der Waals surface area contributed by atoms with Gasteiger partial charge in [0.2, 0.25) is 5.79 Å². The zero-order chi connectivity index (χ0) is 22.9. The van der Waals surface area contributed by atoms with Gasteiger partial charge in [0.15, 0.2) is 5.82 Å². The second kappa shape index (κ2) is 7.91. The number of aromatic nitrogens is 4. The first kappa shape index (κ1) is 21.2. The van der Waals surface area contributed by atoms with Crippen LogP contribution in [0.2, 0.25) is 0 Å². The van der Waals surface area contributed by atoms with Crippen molar-refractivity contribution < 1.29 is 22.4 Å². The number of nitrogens with one attached hydrogen (secondary N) is 1. The number of carbonyl (C=O) groups excluding carboxylic acids is 1.